The number of halogens is 1. The summed E-state index contributed by atoms with van der Waals surface area (Å²) in [4.78, 5) is 0. The van der Waals surface area contributed by atoms with Crippen LogP contribution in [0.25, 0.3) is 0 Å². The summed E-state index contributed by atoms with van der Waals surface area (Å²) in [6, 6.07) is 4.78. The monoisotopic (exact) mass is 341 g/mol. The van der Waals surface area contributed by atoms with Gasteiger partial charge in [0.15, 0.2) is 0 Å². The minimum Gasteiger partial charge on any atom is -0.424 e. The molecule has 6 nitrogen and oxygen atoms in total. The van der Waals surface area contributed by atoms with Crippen molar-refractivity contribution in [2.75, 3.05) is 0 Å². The van der Waals surface area contributed by atoms with Crippen molar-refractivity contribution in [3.8, 4) is 0 Å². The maximum Gasteiger partial charge on any atom is 0.234 e. The summed E-state index contributed by atoms with van der Waals surface area (Å²) in [5.41, 5.74) is 0.504. The number of sulfonamides is 1. The Kier molecular flexibility index (Phi) is 5.48. The largest absolute Gasteiger partial charge is 0.424 e. The number of benzene rings is 1. The van der Waals surface area contributed by atoms with Crippen LogP contribution in [-0.2, 0) is 15.8 Å². The van der Waals surface area contributed by atoms with E-state index < -0.39 is 21.9 Å². The molecule has 1 heterocycles. The van der Waals surface area contributed by atoms with E-state index in [9.17, 15) is 12.8 Å². The molecule has 126 valence electrons. The summed E-state index contributed by atoms with van der Waals surface area (Å²) in [5.74, 6) is 0.221. The first-order valence-electron chi connectivity index (χ1n) is 7.29. The Balaban J connectivity index is 2.15. The summed E-state index contributed by atoms with van der Waals surface area (Å²) in [6.45, 7) is 5.60. The molecule has 0 saturated carbocycles. The van der Waals surface area contributed by atoms with Crippen LogP contribution in [0.1, 0.15) is 43.7 Å². The minimum absolute atomic E-state index is 0.237. The van der Waals surface area contributed by atoms with Crippen LogP contribution in [0, 0.1) is 18.7 Å². The van der Waals surface area contributed by atoms with Gasteiger partial charge in [0.25, 0.3) is 0 Å². The van der Waals surface area contributed by atoms with Crippen molar-refractivity contribution >= 4 is 10.0 Å². The van der Waals surface area contributed by atoms with Gasteiger partial charge in [-0.2, -0.15) is 0 Å². The first kappa shape index (κ1) is 17.6. The van der Waals surface area contributed by atoms with Gasteiger partial charge in [-0.25, -0.2) is 17.5 Å². The average molecular weight is 341 g/mol. The Hall–Kier alpha value is -1.80. The molecule has 0 saturated heterocycles. The van der Waals surface area contributed by atoms with Gasteiger partial charge in [0.2, 0.25) is 21.8 Å². The van der Waals surface area contributed by atoms with Crippen LogP contribution in [0.2, 0.25) is 0 Å². The number of nitrogens with zero attached hydrogens (tertiary/aromatic N) is 2. The molecule has 0 fully saturated rings. The zero-order valence-corrected chi connectivity index (χ0v) is 14.1. The van der Waals surface area contributed by atoms with Crippen molar-refractivity contribution in [2.24, 2.45) is 5.92 Å². The van der Waals surface area contributed by atoms with Crippen molar-refractivity contribution in [1.29, 1.82) is 0 Å². The van der Waals surface area contributed by atoms with Gasteiger partial charge in [-0.15, -0.1) is 10.2 Å². The lowest BCUT2D eigenvalue weighted by Gasteiger charge is -2.17. The number of rotatable bonds is 7. The Bertz CT molecular complexity index is 742. The van der Waals surface area contributed by atoms with Gasteiger partial charge >= 0.3 is 0 Å². The van der Waals surface area contributed by atoms with Crippen molar-refractivity contribution < 1.29 is 17.2 Å². The van der Waals surface area contributed by atoms with E-state index in [-0.39, 0.29) is 17.6 Å². The topological polar surface area (TPSA) is 85.1 Å². The van der Waals surface area contributed by atoms with Crippen molar-refractivity contribution in [1.82, 2.24) is 14.9 Å². The quantitative estimate of drug-likeness (QED) is 0.837. The highest BCUT2D eigenvalue weighted by molar-refractivity contribution is 7.88. The predicted octanol–water partition coefficient (Wildman–Crippen LogP) is 2.72. The molecule has 0 amide bonds. The van der Waals surface area contributed by atoms with Gasteiger partial charge in [0.05, 0.1) is 5.75 Å². The molecule has 0 spiro atoms. The molecule has 23 heavy (non-hydrogen) atoms. The lowest BCUT2D eigenvalue weighted by molar-refractivity contribution is 0.372. The number of aromatic nitrogens is 2. The Morgan fingerprint density at radius 3 is 2.39 bits per heavy atom. The number of hydrogen-bond acceptors (Lipinski definition) is 5. The van der Waals surface area contributed by atoms with Crippen LogP contribution < -0.4 is 4.72 Å². The second-order valence-electron chi connectivity index (χ2n) is 5.84. The lowest BCUT2D eigenvalue weighted by Crippen LogP contribution is -2.31. The van der Waals surface area contributed by atoms with Crippen molar-refractivity contribution in [2.45, 2.75) is 39.0 Å². The molecule has 1 N–H and O–H groups in total. The molecule has 1 aromatic carbocycles. The van der Waals surface area contributed by atoms with Gasteiger partial charge in [-0.1, -0.05) is 26.0 Å². The molecule has 8 heteroatoms. The van der Waals surface area contributed by atoms with E-state index in [1.54, 1.807) is 6.92 Å². The lowest BCUT2D eigenvalue weighted by atomic mass is 10.0. The summed E-state index contributed by atoms with van der Waals surface area (Å²) >= 11 is 0. The Labute approximate surface area is 135 Å². The fourth-order valence-electron chi connectivity index (χ4n) is 2.18. The second kappa shape index (κ2) is 7.18. The summed E-state index contributed by atoms with van der Waals surface area (Å²) < 4.78 is 45.6. The van der Waals surface area contributed by atoms with Crippen LogP contribution in [0.3, 0.4) is 0 Å². The van der Waals surface area contributed by atoms with Crippen LogP contribution >= 0.6 is 0 Å². The van der Waals surface area contributed by atoms with E-state index in [1.165, 1.54) is 24.3 Å². The van der Waals surface area contributed by atoms with E-state index in [2.05, 4.69) is 14.9 Å². The molecule has 0 bridgehead atoms. The number of nitrogens with one attached hydrogen (secondary N) is 1. The highest BCUT2D eigenvalue weighted by Crippen LogP contribution is 2.22. The van der Waals surface area contributed by atoms with Crippen LogP contribution in [0.5, 0.6) is 0 Å². The second-order valence-corrected chi connectivity index (χ2v) is 7.60. The van der Waals surface area contributed by atoms with Crippen LogP contribution in [0.15, 0.2) is 28.7 Å². The highest BCUT2D eigenvalue weighted by Gasteiger charge is 2.25. The van der Waals surface area contributed by atoms with E-state index >= 15 is 0 Å². The van der Waals surface area contributed by atoms with Gasteiger partial charge in [-0.3, -0.25) is 0 Å². The summed E-state index contributed by atoms with van der Waals surface area (Å²) in [6.07, 6.45) is 0.532. The van der Waals surface area contributed by atoms with Crippen LogP contribution in [0.4, 0.5) is 4.39 Å². The number of aryl methyl sites for hydroxylation is 1. The molecule has 2 aromatic rings. The summed E-state index contributed by atoms with van der Waals surface area (Å²) in [7, 11) is -3.63. The van der Waals surface area contributed by atoms with E-state index in [0.29, 0.717) is 17.9 Å². The third-order valence-corrected chi connectivity index (χ3v) is 4.50. The molecular formula is C15H20FN3O3S. The molecule has 0 aliphatic rings. The maximum absolute atomic E-state index is 12.9. The zero-order chi connectivity index (χ0) is 17.0. The van der Waals surface area contributed by atoms with Gasteiger partial charge < -0.3 is 4.42 Å². The molecule has 2 rings (SSSR count). The third kappa shape index (κ3) is 5.40. The molecule has 1 unspecified atom stereocenters. The molecule has 1 atom stereocenters. The molecule has 1 aromatic heterocycles. The van der Waals surface area contributed by atoms with Gasteiger partial charge in [-0.05, 0) is 30.0 Å². The summed E-state index contributed by atoms with van der Waals surface area (Å²) in [5, 5.41) is 7.65. The number of hydrogen-bond donors (Lipinski definition) is 1. The fraction of sp³-hybridized carbons (Fsp3) is 0.467. The zero-order valence-electron chi connectivity index (χ0n) is 13.3. The van der Waals surface area contributed by atoms with Gasteiger partial charge in [0.1, 0.15) is 11.9 Å². The first-order valence-corrected chi connectivity index (χ1v) is 8.95. The Morgan fingerprint density at radius 1 is 1.22 bits per heavy atom. The SMILES string of the molecule is Cc1nnc(C(CC(C)C)NS(=O)(=O)Cc2ccc(F)cc2)o1. The van der Waals surface area contributed by atoms with Crippen molar-refractivity contribution in [3.05, 3.63) is 47.4 Å². The van der Waals surface area contributed by atoms with Crippen LogP contribution in [-0.4, -0.2) is 18.6 Å². The first-order chi connectivity index (χ1) is 10.7. The molecule has 0 aliphatic carbocycles. The third-order valence-electron chi connectivity index (χ3n) is 3.14. The minimum atomic E-state index is -3.63. The average Bonchev–Trinajstić information content (AvgIpc) is 2.86. The standard InChI is InChI=1S/C15H20FN3O3S/c1-10(2)8-14(15-18-17-11(3)22-15)19-23(20,21)9-12-4-6-13(16)7-5-12/h4-7,10,14,19H,8-9H2,1-3H3. The van der Waals surface area contributed by atoms with E-state index in [0.717, 1.165) is 0 Å². The van der Waals surface area contributed by atoms with Gasteiger partial charge in [0, 0.05) is 6.92 Å². The normalized spacial score (nSPS) is 13.4. The smallest absolute Gasteiger partial charge is 0.234 e. The predicted molar refractivity (Wildman–Crippen MR) is 83.4 cm³/mol. The molecule has 0 radical (unpaired) electrons. The highest BCUT2D eigenvalue weighted by atomic mass is 32.2. The fourth-order valence-corrected chi connectivity index (χ4v) is 3.53. The van der Waals surface area contributed by atoms with Crippen molar-refractivity contribution in [3.63, 3.8) is 0 Å². The molecular weight excluding hydrogens is 321 g/mol. The molecule has 0 aliphatic heterocycles. The van der Waals surface area contributed by atoms with E-state index in [1.807, 2.05) is 13.8 Å². The Morgan fingerprint density at radius 2 is 1.87 bits per heavy atom. The van der Waals surface area contributed by atoms with E-state index in [4.69, 9.17) is 4.42 Å². The maximum atomic E-state index is 12.9.